The molecule has 2 heterocycles. The van der Waals surface area contributed by atoms with E-state index >= 15 is 0 Å². The Balaban J connectivity index is 1.52. The van der Waals surface area contributed by atoms with Crippen molar-refractivity contribution >= 4 is 5.91 Å². The average Bonchev–Trinajstić information content (AvgIpc) is 3.22. The first-order valence-corrected chi connectivity index (χ1v) is 7.01. The second kappa shape index (κ2) is 4.92. The number of hydrogen-bond donors (Lipinski definition) is 0. The third kappa shape index (κ3) is 2.63. The molecule has 6 heteroatoms. The fourth-order valence-corrected chi connectivity index (χ4v) is 2.50. The maximum absolute atomic E-state index is 12.0. The summed E-state index contributed by atoms with van der Waals surface area (Å²) in [6, 6.07) is 0. The van der Waals surface area contributed by atoms with E-state index in [2.05, 4.69) is 15.1 Å². The molecule has 1 aromatic rings. The van der Waals surface area contributed by atoms with Gasteiger partial charge in [0.15, 0.2) is 0 Å². The third-order valence-electron chi connectivity index (χ3n) is 4.16. The molecule has 1 aliphatic carbocycles. The highest BCUT2D eigenvalue weighted by Gasteiger charge is 2.34. The van der Waals surface area contributed by atoms with Crippen molar-refractivity contribution in [1.82, 2.24) is 24.6 Å². The van der Waals surface area contributed by atoms with E-state index < -0.39 is 0 Å². The van der Waals surface area contributed by atoms with Crippen LogP contribution in [0.25, 0.3) is 0 Å². The van der Waals surface area contributed by atoms with Gasteiger partial charge < -0.3 is 9.47 Å². The van der Waals surface area contributed by atoms with Gasteiger partial charge in [0.25, 0.3) is 0 Å². The van der Waals surface area contributed by atoms with Gasteiger partial charge in [-0.2, -0.15) is 0 Å². The largest absolute Gasteiger partial charge is 0.340 e. The minimum Gasteiger partial charge on any atom is -0.340 e. The van der Waals surface area contributed by atoms with Gasteiger partial charge in [0.05, 0.1) is 6.54 Å². The molecular formula is C13H21N5O. The van der Waals surface area contributed by atoms with Gasteiger partial charge in [-0.1, -0.05) is 0 Å². The van der Waals surface area contributed by atoms with Crippen LogP contribution >= 0.6 is 0 Å². The maximum Gasteiger partial charge on any atom is 0.225 e. The van der Waals surface area contributed by atoms with E-state index in [-0.39, 0.29) is 0 Å². The highest BCUT2D eigenvalue weighted by atomic mass is 16.2. The summed E-state index contributed by atoms with van der Waals surface area (Å²) < 4.78 is 2.03. The molecular weight excluding hydrogens is 242 g/mol. The maximum atomic E-state index is 12.0. The van der Waals surface area contributed by atoms with Crippen LogP contribution in [0.1, 0.15) is 24.5 Å². The van der Waals surface area contributed by atoms with Gasteiger partial charge >= 0.3 is 0 Å². The lowest BCUT2D eigenvalue weighted by Gasteiger charge is -2.34. The van der Waals surface area contributed by atoms with Crippen LogP contribution in [0.3, 0.4) is 0 Å². The first-order chi connectivity index (χ1) is 9.15. The van der Waals surface area contributed by atoms with Gasteiger partial charge in [0.1, 0.15) is 11.6 Å². The Kier molecular flexibility index (Phi) is 3.26. The Hall–Kier alpha value is -1.43. The molecule has 0 radical (unpaired) electrons. The molecule has 2 aliphatic rings. The molecule has 0 N–H and O–H groups in total. The van der Waals surface area contributed by atoms with E-state index in [1.807, 2.05) is 23.4 Å². The van der Waals surface area contributed by atoms with Crippen molar-refractivity contribution in [2.24, 2.45) is 13.0 Å². The summed E-state index contributed by atoms with van der Waals surface area (Å²) >= 11 is 0. The van der Waals surface area contributed by atoms with E-state index in [9.17, 15) is 4.79 Å². The lowest BCUT2D eigenvalue weighted by Crippen LogP contribution is -2.49. The van der Waals surface area contributed by atoms with E-state index in [0.29, 0.717) is 11.8 Å². The van der Waals surface area contributed by atoms with Crippen molar-refractivity contribution in [2.45, 2.75) is 26.3 Å². The Labute approximate surface area is 113 Å². The predicted octanol–water partition coefficient (Wildman–Crippen LogP) is 0.178. The molecule has 1 amide bonds. The number of nitrogens with zero attached hydrogens (tertiary/aromatic N) is 5. The van der Waals surface area contributed by atoms with Crippen molar-refractivity contribution in [3.8, 4) is 0 Å². The number of amides is 1. The van der Waals surface area contributed by atoms with Gasteiger partial charge in [-0.05, 0) is 19.8 Å². The SMILES string of the molecule is Cc1nnc(CN2CCN(C(=O)C3CC3)CC2)n1C. The number of hydrogen-bond acceptors (Lipinski definition) is 4. The van der Waals surface area contributed by atoms with Gasteiger partial charge in [0, 0.05) is 39.1 Å². The van der Waals surface area contributed by atoms with Gasteiger partial charge in [0.2, 0.25) is 5.91 Å². The molecule has 0 atom stereocenters. The van der Waals surface area contributed by atoms with Crippen LogP contribution in [-0.4, -0.2) is 56.7 Å². The zero-order valence-corrected chi connectivity index (χ0v) is 11.7. The summed E-state index contributed by atoms with van der Waals surface area (Å²) in [6.07, 6.45) is 2.19. The van der Waals surface area contributed by atoms with E-state index in [0.717, 1.165) is 57.2 Å². The molecule has 2 fully saturated rings. The minimum atomic E-state index is 0.341. The molecule has 3 rings (SSSR count). The summed E-state index contributed by atoms with van der Waals surface area (Å²) in [7, 11) is 2.00. The average molecular weight is 263 g/mol. The van der Waals surface area contributed by atoms with Crippen molar-refractivity contribution in [1.29, 1.82) is 0 Å². The van der Waals surface area contributed by atoms with Crippen molar-refractivity contribution in [3.05, 3.63) is 11.6 Å². The van der Waals surface area contributed by atoms with Crippen LogP contribution in [0.15, 0.2) is 0 Å². The Morgan fingerprint density at radius 2 is 1.89 bits per heavy atom. The summed E-state index contributed by atoms with van der Waals surface area (Å²) in [6.45, 7) is 6.36. The number of carbonyl (C=O) groups is 1. The van der Waals surface area contributed by atoms with Crippen molar-refractivity contribution in [3.63, 3.8) is 0 Å². The first-order valence-electron chi connectivity index (χ1n) is 7.01. The molecule has 104 valence electrons. The summed E-state index contributed by atoms with van der Waals surface area (Å²) in [4.78, 5) is 16.3. The topological polar surface area (TPSA) is 54.3 Å². The number of aryl methyl sites for hydroxylation is 1. The summed E-state index contributed by atoms with van der Waals surface area (Å²) in [5.74, 6) is 2.65. The third-order valence-corrected chi connectivity index (χ3v) is 4.16. The van der Waals surface area contributed by atoms with Crippen LogP contribution < -0.4 is 0 Å². The normalized spacial score (nSPS) is 20.8. The molecule has 1 aromatic heterocycles. The van der Waals surface area contributed by atoms with Crippen LogP contribution in [0.5, 0.6) is 0 Å². The van der Waals surface area contributed by atoms with Crippen LogP contribution in [-0.2, 0) is 18.4 Å². The molecule has 6 nitrogen and oxygen atoms in total. The van der Waals surface area contributed by atoms with Gasteiger partial charge in [-0.3, -0.25) is 9.69 Å². The van der Waals surface area contributed by atoms with E-state index in [1.165, 1.54) is 0 Å². The molecule has 0 aromatic carbocycles. The molecule has 0 unspecified atom stereocenters. The Morgan fingerprint density at radius 3 is 2.42 bits per heavy atom. The quantitative estimate of drug-likeness (QED) is 0.780. The summed E-state index contributed by atoms with van der Waals surface area (Å²) in [5, 5.41) is 8.27. The lowest BCUT2D eigenvalue weighted by atomic mass is 10.2. The molecule has 0 bridgehead atoms. The smallest absolute Gasteiger partial charge is 0.225 e. The Bertz CT molecular complexity index is 471. The molecule has 0 spiro atoms. The fourth-order valence-electron chi connectivity index (χ4n) is 2.50. The van der Waals surface area contributed by atoms with Gasteiger partial charge in [-0.15, -0.1) is 10.2 Å². The molecule has 1 saturated heterocycles. The first kappa shape index (κ1) is 12.6. The second-order valence-corrected chi connectivity index (χ2v) is 5.60. The van der Waals surface area contributed by atoms with Crippen LogP contribution in [0, 0.1) is 12.8 Å². The van der Waals surface area contributed by atoms with E-state index in [1.54, 1.807) is 0 Å². The monoisotopic (exact) mass is 263 g/mol. The standard InChI is InChI=1S/C13H21N5O/c1-10-14-15-12(16(10)2)9-17-5-7-18(8-6-17)13(19)11-3-4-11/h11H,3-9H2,1-2H3. The minimum absolute atomic E-state index is 0.341. The highest BCUT2D eigenvalue weighted by Crippen LogP contribution is 2.31. The molecule has 1 aliphatic heterocycles. The number of carbonyl (C=O) groups excluding carboxylic acids is 1. The zero-order chi connectivity index (χ0) is 13.4. The number of aromatic nitrogens is 3. The second-order valence-electron chi connectivity index (χ2n) is 5.60. The highest BCUT2D eigenvalue weighted by molar-refractivity contribution is 5.81. The lowest BCUT2D eigenvalue weighted by molar-refractivity contribution is -0.134. The number of piperazine rings is 1. The molecule has 19 heavy (non-hydrogen) atoms. The predicted molar refractivity (Wildman–Crippen MR) is 70.3 cm³/mol. The zero-order valence-electron chi connectivity index (χ0n) is 11.7. The van der Waals surface area contributed by atoms with Crippen LogP contribution in [0.2, 0.25) is 0 Å². The van der Waals surface area contributed by atoms with Crippen molar-refractivity contribution < 1.29 is 4.79 Å². The van der Waals surface area contributed by atoms with E-state index in [4.69, 9.17) is 0 Å². The molecule has 1 saturated carbocycles. The number of rotatable bonds is 3. The van der Waals surface area contributed by atoms with Gasteiger partial charge in [-0.25, -0.2) is 0 Å². The summed E-state index contributed by atoms with van der Waals surface area (Å²) in [5.41, 5.74) is 0. The van der Waals surface area contributed by atoms with Crippen molar-refractivity contribution in [2.75, 3.05) is 26.2 Å². The fraction of sp³-hybridized carbons (Fsp3) is 0.769. The Morgan fingerprint density at radius 1 is 1.21 bits per heavy atom. The van der Waals surface area contributed by atoms with Crippen LogP contribution in [0.4, 0.5) is 0 Å².